The van der Waals surface area contributed by atoms with Crippen LogP contribution in [0.1, 0.15) is 70.9 Å². The Morgan fingerprint density at radius 1 is 1.07 bits per heavy atom. The molecule has 11 heteroatoms. The number of rotatable bonds is 14. The standard InChI is InChI=1S/C48H60N4O6Si/c1-31(2)12-10-13-32(3)23-25-52-42-22-17-35(50-44(54)26-34-29-49-41-16-9-8-15-39(34)41)27-40(42)48(47(52)56)33(4)46(59(6,7)38-20-18-37(57-5)19-21-38)43(58-48)28-45(55)51-24-11-14-36(51)30-53/h8-9,12,15-23,27,29,33,36,43,46,49,53H,10-11,13-14,24-26,28,30H2,1-7H3,(H,50,54)/b32-23+/t33-,36-,43+,46-,48+/m0/s1. The van der Waals surface area contributed by atoms with Crippen molar-refractivity contribution >= 4 is 53.3 Å². The number of nitrogens with one attached hydrogen (secondary N) is 2. The molecule has 2 fully saturated rings. The Balaban J connectivity index is 1.28. The van der Waals surface area contributed by atoms with Crippen LogP contribution in [0.3, 0.4) is 0 Å². The summed E-state index contributed by atoms with van der Waals surface area (Å²) < 4.78 is 12.8. The third kappa shape index (κ3) is 8.17. The van der Waals surface area contributed by atoms with Crippen molar-refractivity contribution in [1.29, 1.82) is 0 Å². The Morgan fingerprint density at radius 2 is 1.83 bits per heavy atom. The van der Waals surface area contributed by atoms with E-state index in [4.69, 9.17) is 9.47 Å². The molecule has 3 amide bonds. The number of aliphatic hydroxyl groups is 1. The number of benzene rings is 3. The van der Waals surface area contributed by atoms with Crippen LogP contribution in [0, 0.1) is 5.92 Å². The minimum absolute atomic E-state index is 0.0592. The van der Waals surface area contributed by atoms with Crippen LogP contribution in [0.5, 0.6) is 5.75 Å². The quantitative estimate of drug-likeness (QED) is 0.0877. The first-order chi connectivity index (χ1) is 28.3. The molecule has 3 aliphatic rings. The second kappa shape index (κ2) is 17.3. The number of likely N-dealkylation sites (tertiary alicyclic amines) is 1. The Hall–Kier alpha value is -4.97. The van der Waals surface area contributed by atoms with Crippen LogP contribution in [0.4, 0.5) is 11.4 Å². The number of nitrogens with zero attached hydrogens (tertiary/aromatic N) is 2. The number of allylic oxidation sites excluding steroid dienone is 3. The molecule has 0 bridgehead atoms. The number of hydrogen-bond acceptors (Lipinski definition) is 6. The van der Waals surface area contributed by atoms with Gasteiger partial charge in [-0.25, -0.2) is 0 Å². The number of aromatic amines is 1. The fourth-order valence-electron chi connectivity index (χ4n) is 10.0. The van der Waals surface area contributed by atoms with E-state index in [0.29, 0.717) is 24.3 Å². The summed E-state index contributed by atoms with van der Waals surface area (Å²) in [5, 5.41) is 15.5. The Morgan fingerprint density at radius 3 is 2.56 bits per heavy atom. The average Bonchev–Trinajstić information content (AvgIpc) is 3.98. The molecule has 4 heterocycles. The topological polar surface area (TPSA) is 124 Å². The fourth-order valence-corrected chi connectivity index (χ4v) is 14.0. The summed E-state index contributed by atoms with van der Waals surface area (Å²) in [4.78, 5) is 50.2. The van der Waals surface area contributed by atoms with Gasteiger partial charge in [-0.05, 0) is 94.0 Å². The Labute approximate surface area is 349 Å². The minimum Gasteiger partial charge on any atom is -0.497 e. The van der Waals surface area contributed by atoms with Gasteiger partial charge in [0.2, 0.25) is 11.8 Å². The Kier molecular flexibility index (Phi) is 12.4. The van der Waals surface area contributed by atoms with E-state index in [2.05, 4.69) is 75.4 Å². The molecule has 5 atom stereocenters. The van der Waals surface area contributed by atoms with Crippen molar-refractivity contribution < 1.29 is 29.0 Å². The number of aromatic nitrogens is 1. The lowest BCUT2D eigenvalue weighted by molar-refractivity contribution is -0.149. The highest BCUT2D eigenvalue weighted by atomic mass is 28.3. The van der Waals surface area contributed by atoms with E-state index >= 15 is 4.79 Å². The summed E-state index contributed by atoms with van der Waals surface area (Å²) >= 11 is 0. The zero-order chi connectivity index (χ0) is 42.1. The van der Waals surface area contributed by atoms with Crippen LogP contribution in [-0.4, -0.2) is 79.7 Å². The van der Waals surface area contributed by atoms with Gasteiger partial charge >= 0.3 is 0 Å². The van der Waals surface area contributed by atoms with Gasteiger partial charge in [-0.1, -0.05) is 78.8 Å². The molecule has 3 aromatic carbocycles. The SMILES string of the molecule is COc1ccc([Si](C)(C)[C@@H]2[C@@H](CC(=O)N3CCC[C@H]3CO)O[C@]3(C(=O)N(C/C=C(\C)CCC=C(C)C)c4ccc(NC(=O)Cc5c[nH]c6ccccc56)cc43)[C@H]2C)cc1. The summed E-state index contributed by atoms with van der Waals surface area (Å²) in [5.41, 5.74) is 4.85. The number of fused-ring (bicyclic) bond motifs is 3. The first kappa shape index (κ1) is 42.2. The van der Waals surface area contributed by atoms with Crippen molar-refractivity contribution in [2.24, 2.45) is 5.92 Å². The van der Waals surface area contributed by atoms with E-state index in [0.717, 1.165) is 53.6 Å². The normalized spacial score (nSPS) is 23.0. The molecular weight excluding hydrogens is 757 g/mol. The highest BCUT2D eigenvalue weighted by Gasteiger charge is 2.66. The average molecular weight is 817 g/mol. The molecule has 0 saturated carbocycles. The minimum atomic E-state index is -2.53. The summed E-state index contributed by atoms with van der Waals surface area (Å²) in [6.07, 6.45) is 9.38. The monoisotopic (exact) mass is 816 g/mol. The third-order valence-electron chi connectivity index (χ3n) is 13.1. The second-order valence-corrected chi connectivity index (χ2v) is 22.2. The van der Waals surface area contributed by atoms with Gasteiger partial charge in [0.15, 0.2) is 5.60 Å². The van der Waals surface area contributed by atoms with E-state index in [1.54, 1.807) is 12.0 Å². The summed E-state index contributed by atoms with van der Waals surface area (Å²) in [5.74, 6) is 0.0623. The maximum atomic E-state index is 15.4. The maximum absolute atomic E-state index is 15.4. The number of H-pyrrole nitrogens is 1. The van der Waals surface area contributed by atoms with Crippen LogP contribution in [0.15, 0.2) is 96.2 Å². The number of carbonyl (C=O) groups is 3. The number of para-hydroxylation sites is 1. The van der Waals surface area contributed by atoms with E-state index in [-0.39, 0.29) is 54.7 Å². The van der Waals surface area contributed by atoms with E-state index < -0.39 is 19.8 Å². The lowest BCUT2D eigenvalue weighted by Crippen LogP contribution is -2.52. The predicted octanol–water partition coefficient (Wildman–Crippen LogP) is 7.99. The molecule has 0 aliphatic carbocycles. The van der Waals surface area contributed by atoms with Crippen molar-refractivity contribution in [2.75, 3.05) is 37.0 Å². The van der Waals surface area contributed by atoms with E-state index in [1.807, 2.05) is 65.7 Å². The molecule has 59 heavy (non-hydrogen) atoms. The van der Waals surface area contributed by atoms with Gasteiger partial charge in [0.25, 0.3) is 5.91 Å². The highest BCUT2D eigenvalue weighted by Crippen LogP contribution is 2.60. The summed E-state index contributed by atoms with van der Waals surface area (Å²) in [6.45, 7) is 13.9. The van der Waals surface area contributed by atoms with E-state index in [1.165, 1.54) is 16.3 Å². The predicted molar refractivity (Wildman–Crippen MR) is 238 cm³/mol. The lowest BCUT2D eigenvalue weighted by Gasteiger charge is -2.37. The van der Waals surface area contributed by atoms with Crippen LogP contribution >= 0.6 is 0 Å². The van der Waals surface area contributed by atoms with Gasteiger partial charge in [0, 0.05) is 47.4 Å². The van der Waals surface area contributed by atoms with Crippen molar-refractivity contribution in [3.63, 3.8) is 0 Å². The van der Waals surface area contributed by atoms with Gasteiger partial charge < -0.3 is 34.7 Å². The molecule has 3 aliphatic heterocycles. The largest absolute Gasteiger partial charge is 0.497 e. The molecule has 1 spiro atoms. The van der Waals surface area contributed by atoms with Gasteiger partial charge in [-0.3, -0.25) is 14.4 Å². The smallest absolute Gasteiger partial charge is 0.264 e. The highest BCUT2D eigenvalue weighted by molar-refractivity contribution is 6.91. The maximum Gasteiger partial charge on any atom is 0.264 e. The zero-order valence-corrected chi connectivity index (χ0v) is 36.6. The first-order valence-electron chi connectivity index (χ1n) is 21.1. The zero-order valence-electron chi connectivity index (χ0n) is 35.6. The molecule has 3 N–H and O–H groups in total. The second-order valence-electron chi connectivity index (χ2n) is 17.5. The number of aliphatic hydroxyl groups excluding tert-OH is 1. The molecule has 0 radical (unpaired) electrons. The van der Waals surface area contributed by atoms with Crippen molar-refractivity contribution in [1.82, 2.24) is 9.88 Å². The van der Waals surface area contributed by atoms with Crippen molar-refractivity contribution in [3.8, 4) is 5.75 Å². The first-order valence-corrected chi connectivity index (χ1v) is 24.2. The van der Waals surface area contributed by atoms with Gasteiger partial charge in [0.1, 0.15) is 5.75 Å². The molecule has 312 valence electrons. The van der Waals surface area contributed by atoms with Crippen LogP contribution in [0.25, 0.3) is 10.9 Å². The van der Waals surface area contributed by atoms with Crippen LogP contribution < -0.4 is 20.1 Å². The van der Waals surface area contributed by atoms with Gasteiger partial charge in [0.05, 0.1) is 52.5 Å². The van der Waals surface area contributed by atoms with E-state index in [9.17, 15) is 14.7 Å². The number of amides is 3. The number of carbonyl (C=O) groups excluding carboxylic acids is 3. The number of anilines is 2. The van der Waals surface area contributed by atoms with Crippen molar-refractivity contribution in [3.05, 3.63) is 107 Å². The Bertz CT molecular complexity index is 2260. The van der Waals surface area contributed by atoms with Crippen LogP contribution in [-0.2, 0) is 31.1 Å². The molecule has 0 unspecified atom stereocenters. The molecular formula is C48H60N4O6Si. The lowest BCUT2D eigenvalue weighted by atomic mass is 9.82. The summed E-state index contributed by atoms with van der Waals surface area (Å²) in [7, 11) is -0.873. The fraction of sp³-hybridized carbons (Fsp3) is 0.438. The number of hydrogen-bond donors (Lipinski definition) is 3. The summed E-state index contributed by atoms with van der Waals surface area (Å²) in [6, 6.07) is 21.6. The number of ether oxygens (including phenoxy) is 2. The van der Waals surface area contributed by atoms with Gasteiger partial charge in [-0.15, -0.1) is 0 Å². The van der Waals surface area contributed by atoms with Crippen molar-refractivity contribution in [2.45, 2.75) is 103 Å². The molecule has 4 aromatic rings. The third-order valence-corrected chi connectivity index (χ3v) is 17.5. The number of methoxy groups -OCH3 is 1. The molecule has 7 rings (SSSR count). The van der Waals surface area contributed by atoms with Crippen LogP contribution in [0.2, 0.25) is 18.6 Å². The molecule has 2 saturated heterocycles. The molecule has 1 aromatic heterocycles. The van der Waals surface area contributed by atoms with Gasteiger partial charge in [-0.2, -0.15) is 0 Å². The molecule has 10 nitrogen and oxygen atoms in total.